The van der Waals surface area contributed by atoms with Crippen molar-refractivity contribution in [2.75, 3.05) is 18.4 Å². The molecule has 4 rings (SSSR count). The summed E-state index contributed by atoms with van der Waals surface area (Å²) in [5, 5.41) is 20.2. The molecule has 50 heavy (non-hydrogen) atoms. The van der Waals surface area contributed by atoms with Crippen LogP contribution < -0.4 is 21.7 Å². The second-order valence-electron chi connectivity index (χ2n) is 12.4. The van der Waals surface area contributed by atoms with Crippen molar-refractivity contribution in [1.29, 1.82) is 0 Å². The Bertz CT molecular complexity index is 1920. The summed E-state index contributed by atoms with van der Waals surface area (Å²) in [6, 6.07) is 22.7. The molecule has 0 aliphatic rings. The maximum absolute atomic E-state index is 13.8. The molecule has 4 amide bonds. The van der Waals surface area contributed by atoms with Crippen molar-refractivity contribution in [3.05, 3.63) is 102 Å². The van der Waals surface area contributed by atoms with Gasteiger partial charge in [0.05, 0.1) is 29.0 Å². The van der Waals surface area contributed by atoms with E-state index in [0.29, 0.717) is 11.2 Å². The summed E-state index contributed by atoms with van der Waals surface area (Å²) in [6.45, 7) is 4.72. The van der Waals surface area contributed by atoms with Crippen LogP contribution in [0.15, 0.2) is 95.9 Å². The van der Waals surface area contributed by atoms with Gasteiger partial charge in [0.25, 0.3) is 5.91 Å². The number of nitrogens with two attached hydrogens (primary N) is 1. The SMILES string of the molecule is CC(=O)Nc1ccc(S(=O)(=O)N(CC(C)C)CC(O)C(Cc2ccccc2)NC(=O)C[C@H](NC(=O)c2ccc3ccccc3n2)C(N)=O)cc1. The molecule has 0 aliphatic carbocycles. The highest BCUT2D eigenvalue weighted by molar-refractivity contribution is 7.89. The third-order valence-corrected chi connectivity index (χ3v) is 9.60. The number of aliphatic hydroxyl groups excluding tert-OH is 1. The summed E-state index contributed by atoms with van der Waals surface area (Å²) in [5.74, 6) is -2.77. The number of sulfonamides is 1. The van der Waals surface area contributed by atoms with Gasteiger partial charge < -0.3 is 26.8 Å². The zero-order chi connectivity index (χ0) is 36.4. The number of para-hydroxylation sites is 1. The van der Waals surface area contributed by atoms with E-state index < -0.39 is 52.4 Å². The van der Waals surface area contributed by atoms with Gasteiger partial charge in [-0.3, -0.25) is 19.2 Å². The number of hydrogen-bond donors (Lipinski definition) is 5. The van der Waals surface area contributed by atoms with Crippen molar-refractivity contribution in [1.82, 2.24) is 19.9 Å². The third-order valence-electron chi connectivity index (χ3n) is 7.75. The number of carbonyl (C=O) groups excluding carboxylic acids is 4. The Labute approximate surface area is 291 Å². The number of benzene rings is 3. The lowest BCUT2D eigenvalue weighted by Crippen LogP contribution is -2.53. The standard InChI is InChI=1S/C36H42N6O7S/c1-23(2)21-42(50(48,49)28-16-14-27(15-17-28)38-24(3)43)22-33(44)31(19-25-9-5-4-6-10-25)40-34(45)20-32(35(37)46)41-36(47)30-18-13-26-11-7-8-12-29(26)39-30/h4-18,23,31-33,44H,19-22H2,1-3H3,(H2,37,46)(H,38,43)(H,40,45)(H,41,47)/t31?,32-,33?/m0/s1. The van der Waals surface area contributed by atoms with Gasteiger partial charge in [-0.05, 0) is 54.3 Å². The van der Waals surface area contributed by atoms with Gasteiger partial charge in [-0.2, -0.15) is 4.31 Å². The van der Waals surface area contributed by atoms with E-state index in [1.165, 1.54) is 37.3 Å². The monoisotopic (exact) mass is 702 g/mol. The van der Waals surface area contributed by atoms with Crippen LogP contribution in [-0.4, -0.2) is 77.7 Å². The lowest BCUT2D eigenvalue weighted by Gasteiger charge is -2.31. The number of nitrogens with zero attached hydrogens (tertiary/aromatic N) is 2. The minimum absolute atomic E-state index is 0.0314. The number of aliphatic hydroxyl groups is 1. The van der Waals surface area contributed by atoms with E-state index in [-0.39, 0.29) is 41.9 Å². The molecule has 3 aromatic carbocycles. The van der Waals surface area contributed by atoms with E-state index >= 15 is 0 Å². The van der Waals surface area contributed by atoms with Crippen molar-refractivity contribution < 1.29 is 32.7 Å². The maximum atomic E-state index is 13.8. The Morgan fingerprint density at radius 3 is 2.16 bits per heavy atom. The van der Waals surface area contributed by atoms with Crippen molar-refractivity contribution in [3.8, 4) is 0 Å². The van der Waals surface area contributed by atoms with Crippen LogP contribution >= 0.6 is 0 Å². The van der Waals surface area contributed by atoms with Gasteiger partial charge in [0.1, 0.15) is 11.7 Å². The molecule has 4 aromatic rings. The first-order valence-electron chi connectivity index (χ1n) is 16.1. The zero-order valence-corrected chi connectivity index (χ0v) is 28.9. The molecule has 0 radical (unpaired) electrons. The van der Waals surface area contributed by atoms with Gasteiger partial charge >= 0.3 is 0 Å². The van der Waals surface area contributed by atoms with Crippen LogP contribution in [0.2, 0.25) is 0 Å². The van der Waals surface area contributed by atoms with Crippen LogP contribution in [0.4, 0.5) is 5.69 Å². The second-order valence-corrected chi connectivity index (χ2v) is 14.3. The van der Waals surface area contributed by atoms with Crippen LogP contribution in [0.3, 0.4) is 0 Å². The molecule has 0 bridgehead atoms. The van der Waals surface area contributed by atoms with Crippen LogP contribution in [0.5, 0.6) is 0 Å². The van der Waals surface area contributed by atoms with Gasteiger partial charge in [-0.15, -0.1) is 0 Å². The highest BCUT2D eigenvalue weighted by Gasteiger charge is 2.32. The Balaban J connectivity index is 1.52. The summed E-state index contributed by atoms with van der Waals surface area (Å²) in [4.78, 5) is 54.5. The molecule has 1 heterocycles. The topological polar surface area (TPSA) is 201 Å². The van der Waals surface area contributed by atoms with Gasteiger partial charge in [0, 0.05) is 31.1 Å². The van der Waals surface area contributed by atoms with E-state index in [4.69, 9.17) is 5.73 Å². The number of pyridine rings is 1. The molecule has 0 fully saturated rings. The molecule has 0 saturated carbocycles. The predicted octanol–water partition coefficient (Wildman–Crippen LogP) is 2.60. The van der Waals surface area contributed by atoms with E-state index in [1.807, 2.05) is 32.0 Å². The fraction of sp³-hybridized carbons (Fsp3) is 0.306. The molecule has 0 saturated heterocycles. The Morgan fingerprint density at radius 1 is 0.860 bits per heavy atom. The van der Waals surface area contributed by atoms with Crippen molar-refractivity contribution in [2.24, 2.45) is 11.7 Å². The normalized spacial score (nSPS) is 13.4. The van der Waals surface area contributed by atoms with Crippen LogP contribution in [0.25, 0.3) is 10.9 Å². The molecule has 264 valence electrons. The first kappa shape index (κ1) is 37.6. The molecule has 0 spiro atoms. The molecule has 6 N–H and O–H groups in total. The highest BCUT2D eigenvalue weighted by Crippen LogP contribution is 2.21. The second kappa shape index (κ2) is 17.0. The summed E-state index contributed by atoms with van der Waals surface area (Å²) < 4.78 is 28.7. The molecule has 0 aliphatic heterocycles. The Kier molecular flexibility index (Phi) is 12.8. The maximum Gasteiger partial charge on any atom is 0.270 e. The number of anilines is 1. The molecular formula is C36H42N6O7S. The summed E-state index contributed by atoms with van der Waals surface area (Å²) in [5.41, 5.74) is 7.35. The van der Waals surface area contributed by atoms with Crippen LogP contribution in [0.1, 0.15) is 43.2 Å². The van der Waals surface area contributed by atoms with E-state index in [2.05, 4.69) is 20.9 Å². The number of amides is 4. The lowest BCUT2D eigenvalue weighted by molar-refractivity contribution is -0.127. The van der Waals surface area contributed by atoms with Crippen LogP contribution in [-0.2, 0) is 30.8 Å². The van der Waals surface area contributed by atoms with Crippen molar-refractivity contribution in [2.45, 2.75) is 56.7 Å². The average molecular weight is 703 g/mol. The molecule has 1 aromatic heterocycles. The van der Waals surface area contributed by atoms with Gasteiger partial charge in [-0.1, -0.05) is 68.4 Å². The van der Waals surface area contributed by atoms with Crippen molar-refractivity contribution in [3.63, 3.8) is 0 Å². The Morgan fingerprint density at radius 2 is 1.52 bits per heavy atom. The summed E-state index contributed by atoms with van der Waals surface area (Å²) in [7, 11) is -4.12. The largest absolute Gasteiger partial charge is 0.390 e. The quantitative estimate of drug-likeness (QED) is 0.117. The molecule has 13 nitrogen and oxygen atoms in total. The number of rotatable bonds is 16. The number of fused-ring (bicyclic) bond motifs is 1. The summed E-state index contributed by atoms with van der Waals surface area (Å²) >= 11 is 0. The average Bonchev–Trinajstić information content (AvgIpc) is 3.07. The number of hydrogen-bond acceptors (Lipinski definition) is 8. The number of carbonyl (C=O) groups is 4. The first-order valence-corrected chi connectivity index (χ1v) is 17.5. The minimum Gasteiger partial charge on any atom is -0.390 e. The van der Waals surface area contributed by atoms with Gasteiger partial charge in [-0.25, -0.2) is 13.4 Å². The third kappa shape index (κ3) is 10.4. The number of primary amides is 1. The van der Waals surface area contributed by atoms with Gasteiger partial charge in [0.15, 0.2) is 0 Å². The molecular weight excluding hydrogens is 660 g/mol. The lowest BCUT2D eigenvalue weighted by atomic mass is 10.00. The predicted molar refractivity (Wildman–Crippen MR) is 189 cm³/mol. The van der Waals surface area contributed by atoms with E-state index in [9.17, 15) is 32.7 Å². The van der Waals surface area contributed by atoms with E-state index in [1.54, 1.807) is 42.5 Å². The van der Waals surface area contributed by atoms with Gasteiger partial charge in [0.2, 0.25) is 27.7 Å². The first-order chi connectivity index (χ1) is 23.7. The van der Waals surface area contributed by atoms with Crippen molar-refractivity contribution >= 4 is 50.2 Å². The van der Waals surface area contributed by atoms with Crippen LogP contribution in [0, 0.1) is 5.92 Å². The molecule has 2 unspecified atom stereocenters. The fourth-order valence-corrected chi connectivity index (χ4v) is 6.95. The molecule has 3 atom stereocenters. The Hall–Kier alpha value is -5.18. The fourth-order valence-electron chi connectivity index (χ4n) is 5.33. The number of aromatic nitrogens is 1. The molecule has 14 heteroatoms. The highest BCUT2D eigenvalue weighted by atomic mass is 32.2. The minimum atomic E-state index is -4.12. The summed E-state index contributed by atoms with van der Waals surface area (Å²) in [6.07, 6.45) is -1.81. The number of nitrogens with one attached hydrogen (secondary N) is 3. The zero-order valence-electron chi connectivity index (χ0n) is 28.1. The smallest absolute Gasteiger partial charge is 0.270 e. The van der Waals surface area contributed by atoms with E-state index in [0.717, 1.165) is 15.3 Å².